The van der Waals surface area contributed by atoms with Crippen LogP contribution in [0.15, 0.2) is 17.1 Å². The molecule has 130 valence electrons. The van der Waals surface area contributed by atoms with Gasteiger partial charge in [0, 0.05) is 5.69 Å². The smallest absolute Gasteiger partial charge is 0.161 e. The van der Waals surface area contributed by atoms with Crippen molar-refractivity contribution >= 4 is 22.6 Å². The average molecular weight is 335 g/mol. The van der Waals surface area contributed by atoms with E-state index in [4.69, 9.17) is 4.99 Å². The van der Waals surface area contributed by atoms with Crippen molar-refractivity contribution in [3.8, 4) is 0 Å². The molecule has 0 heterocycles. The molecular formula is C20H34N2S. The summed E-state index contributed by atoms with van der Waals surface area (Å²) in [5, 5.41) is 4.62. The van der Waals surface area contributed by atoms with E-state index < -0.39 is 0 Å². The number of benzene rings is 1. The van der Waals surface area contributed by atoms with Gasteiger partial charge in [-0.1, -0.05) is 51.6 Å². The summed E-state index contributed by atoms with van der Waals surface area (Å²) in [5.74, 6) is 0.614. The van der Waals surface area contributed by atoms with E-state index in [1.165, 1.54) is 28.8 Å². The summed E-state index contributed by atoms with van der Waals surface area (Å²) in [4.78, 5) is 4.82. The van der Waals surface area contributed by atoms with Crippen LogP contribution in [0.1, 0.15) is 77.5 Å². The first-order valence-electron chi connectivity index (χ1n) is 8.82. The van der Waals surface area contributed by atoms with Gasteiger partial charge in [-0.05, 0) is 68.9 Å². The van der Waals surface area contributed by atoms with Crippen molar-refractivity contribution in [3.63, 3.8) is 0 Å². The molecule has 2 nitrogen and oxygen atoms in total. The highest BCUT2D eigenvalue weighted by Crippen LogP contribution is 2.30. The maximum absolute atomic E-state index is 4.82. The van der Waals surface area contributed by atoms with E-state index in [9.17, 15) is 0 Å². The predicted octanol–water partition coefficient (Wildman–Crippen LogP) is 6.25. The third kappa shape index (κ3) is 5.87. The van der Waals surface area contributed by atoms with Crippen molar-refractivity contribution in [3.05, 3.63) is 28.8 Å². The fraction of sp³-hybridized carbons (Fsp3) is 0.650. The van der Waals surface area contributed by atoms with E-state index in [1.807, 2.05) is 0 Å². The zero-order valence-corrected chi connectivity index (χ0v) is 17.0. The topological polar surface area (TPSA) is 24.4 Å². The number of rotatable bonds is 5. The van der Waals surface area contributed by atoms with Gasteiger partial charge in [0.1, 0.15) is 0 Å². The van der Waals surface area contributed by atoms with Crippen molar-refractivity contribution < 1.29 is 0 Å². The van der Waals surface area contributed by atoms with Crippen LogP contribution in [-0.4, -0.2) is 17.0 Å². The molecule has 0 saturated carbocycles. The van der Waals surface area contributed by atoms with Crippen LogP contribution in [0, 0.1) is 0 Å². The average Bonchev–Trinajstić information content (AvgIpc) is 2.51. The van der Waals surface area contributed by atoms with E-state index in [0.29, 0.717) is 5.92 Å². The normalized spacial score (nSPS) is 14.0. The summed E-state index contributed by atoms with van der Waals surface area (Å²) in [6, 6.07) is 4.76. The molecule has 0 aliphatic carbocycles. The molecule has 1 rings (SSSR count). The van der Waals surface area contributed by atoms with E-state index in [1.54, 1.807) is 11.8 Å². The summed E-state index contributed by atoms with van der Waals surface area (Å²) in [6.45, 7) is 15.5. The van der Waals surface area contributed by atoms with Crippen molar-refractivity contribution in [2.75, 3.05) is 11.6 Å². The lowest BCUT2D eigenvalue weighted by Gasteiger charge is -2.22. The molecule has 3 heteroatoms. The first-order valence-corrected chi connectivity index (χ1v) is 10.0. The second-order valence-corrected chi connectivity index (χ2v) is 7.94. The lowest BCUT2D eigenvalue weighted by Crippen LogP contribution is -2.19. The second-order valence-electron chi connectivity index (χ2n) is 7.15. The summed E-state index contributed by atoms with van der Waals surface area (Å²) in [6.07, 6.45) is 5.34. The van der Waals surface area contributed by atoms with Crippen molar-refractivity contribution in [1.82, 2.24) is 0 Å². The largest absolute Gasteiger partial charge is 0.335 e. The molecule has 0 aliphatic heterocycles. The molecule has 0 amide bonds. The quantitative estimate of drug-likeness (QED) is 0.508. The monoisotopic (exact) mass is 334 g/mol. The molecule has 0 spiro atoms. The fourth-order valence-corrected chi connectivity index (χ4v) is 3.14. The van der Waals surface area contributed by atoms with E-state index >= 15 is 0 Å². The van der Waals surface area contributed by atoms with Gasteiger partial charge < -0.3 is 5.32 Å². The van der Waals surface area contributed by atoms with E-state index in [-0.39, 0.29) is 5.54 Å². The third-order valence-electron chi connectivity index (χ3n) is 4.13. The van der Waals surface area contributed by atoms with Gasteiger partial charge in [0.2, 0.25) is 0 Å². The zero-order chi connectivity index (χ0) is 17.6. The number of hydrogen-bond donors (Lipinski definition) is 1. The Labute approximate surface area is 147 Å². The number of anilines is 1. The van der Waals surface area contributed by atoms with Gasteiger partial charge in [-0.25, -0.2) is 0 Å². The summed E-state index contributed by atoms with van der Waals surface area (Å²) in [7, 11) is 0. The molecule has 1 aromatic rings. The molecule has 0 fully saturated rings. The minimum Gasteiger partial charge on any atom is -0.335 e. The van der Waals surface area contributed by atoms with Crippen LogP contribution in [0.5, 0.6) is 0 Å². The molecule has 1 aromatic carbocycles. The van der Waals surface area contributed by atoms with Crippen LogP contribution in [0.4, 0.5) is 5.69 Å². The Hall–Kier alpha value is -0.960. The van der Waals surface area contributed by atoms with Crippen molar-refractivity contribution in [1.29, 1.82) is 0 Å². The van der Waals surface area contributed by atoms with Gasteiger partial charge in [0.15, 0.2) is 5.17 Å². The van der Waals surface area contributed by atoms with E-state index in [0.717, 1.165) is 18.0 Å². The highest BCUT2D eigenvalue weighted by atomic mass is 32.2. The van der Waals surface area contributed by atoms with Crippen LogP contribution in [0.2, 0.25) is 0 Å². The lowest BCUT2D eigenvalue weighted by atomic mass is 9.91. The second kappa shape index (κ2) is 8.77. The SMILES string of the molecule is CCc1cc(C(C)CC)cc(CC)c1NC(=NC(C)(C)C)SC. The number of amidine groups is 1. The standard InChI is InChI=1S/C20H34N2S/c1-9-14(4)17-12-15(10-2)18(16(11-3)13-17)21-19(23-8)22-20(5,6)7/h12-14H,9-11H2,1-8H3,(H,21,22). The molecule has 0 aromatic heterocycles. The Balaban J connectivity index is 3.31. The minimum atomic E-state index is -0.0687. The molecule has 23 heavy (non-hydrogen) atoms. The van der Waals surface area contributed by atoms with Crippen LogP contribution in [0.25, 0.3) is 0 Å². The van der Waals surface area contributed by atoms with Gasteiger partial charge in [-0.3, -0.25) is 4.99 Å². The Morgan fingerprint density at radius 1 is 1.13 bits per heavy atom. The zero-order valence-electron chi connectivity index (χ0n) is 16.2. The Morgan fingerprint density at radius 2 is 1.65 bits per heavy atom. The number of nitrogens with zero attached hydrogens (tertiary/aromatic N) is 1. The van der Waals surface area contributed by atoms with Crippen molar-refractivity contribution in [2.45, 2.75) is 79.2 Å². The Bertz CT molecular complexity index is 516. The highest BCUT2D eigenvalue weighted by molar-refractivity contribution is 8.13. The molecule has 1 N–H and O–H groups in total. The van der Waals surface area contributed by atoms with Crippen LogP contribution in [0.3, 0.4) is 0 Å². The summed E-state index contributed by atoms with van der Waals surface area (Å²) >= 11 is 1.68. The van der Waals surface area contributed by atoms with Gasteiger partial charge >= 0.3 is 0 Å². The molecular weight excluding hydrogens is 300 g/mol. The molecule has 0 radical (unpaired) electrons. The van der Waals surface area contributed by atoms with Crippen LogP contribution >= 0.6 is 11.8 Å². The van der Waals surface area contributed by atoms with Gasteiger partial charge in [0.05, 0.1) is 5.54 Å². The van der Waals surface area contributed by atoms with Crippen LogP contribution < -0.4 is 5.32 Å². The first kappa shape index (κ1) is 20.1. The number of aliphatic imine (C=N–C) groups is 1. The van der Waals surface area contributed by atoms with Gasteiger partial charge in [-0.15, -0.1) is 0 Å². The maximum Gasteiger partial charge on any atom is 0.161 e. The minimum absolute atomic E-state index is 0.0687. The number of nitrogens with one attached hydrogen (secondary N) is 1. The van der Waals surface area contributed by atoms with Gasteiger partial charge in [0.25, 0.3) is 0 Å². The highest BCUT2D eigenvalue weighted by Gasteiger charge is 2.15. The molecule has 1 atom stereocenters. The van der Waals surface area contributed by atoms with Crippen LogP contribution in [-0.2, 0) is 12.8 Å². The maximum atomic E-state index is 4.82. The van der Waals surface area contributed by atoms with Gasteiger partial charge in [-0.2, -0.15) is 0 Å². The Kier molecular flexibility index (Phi) is 7.66. The number of aryl methyl sites for hydroxylation is 2. The molecule has 0 aliphatic rings. The number of hydrogen-bond acceptors (Lipinski definition) is 2. The summed E-state index contributed by atoms with van der Waals surface area (Å²) < 4.78 is 0. The molecule has 0 saturated heterocycles. The number of thioether (sulfide) groups is 1. The lowest BCUT2D eigenvalue weighted by molar-refractivity contribution is 0.585. The summed E-state index contributed by atoms with van der Waals surface area (Å²) in [5.41, 5.74) is 5.45. The first-order chi connectivity index (χ1) is 10.8. The molecule has 0 bridgehead atoms. The Morgan fingerprint density at radius 3 is 2.00 bits per heavy atom. The third-order valence-corrected chi connectivity index (χ3v) is 4.71. The predicted molar refractivity (Wildman–Crippen MR) is 108 cm³/mol. The van der Waals surface area contributed by atoms with Crippen molar-refractivity contribution in [2.24, 2.45) is 4.99 Å². The fourth-order valence-electron chi connectivity index (χ4n) is 2.57. The molecule has 1 unspecified atom stereocenters. The van der Waals surface area contributed by atoms with E-state index in [2.05, 4.69) is 72.2 Å².